The Bertz CT molecular complexity index is 2340. The minimum atomic E-state index is 0.0546. The highest BCUT2D eigenvalue weighted by Gasteiger charge is 2.13. The summed E-state index contributed by atoms with van der Waals surface area (Å²) in [6.07, 6.45) is 0. The molecule has 0 amide bonds. The molecule has 1 aliphatic heterocycles. The van der Waals surface area contributed by atoms with E-state index in [4.69, 9.17) is 20.0 Å². The second-order valence-corrected chi connectivity index (χ2v) is 11.3. The summed E-state index contributed by atoms with van der Waals surface area (Å²) in [7, 11) is 0. The number of nitrogens with one attached hydrogen (secondary N) is 4. The maximum absolute atomic E-state index is 7.42. The van der Waals surface area contributed by atoms with Crippen molar-refractivity contribution in [3.63, 3.8) is 0 Å². The number of amidine groups is 2. The lowest BCUT2D eigenvalue weighted by Crippen LogP contribution is -2.19. The summed E-state index contributed by atoms with van der Waals surface area (Å²) in [5.74, 6) is 5.46. The molecule has 0 saturated carbocycles. The monoisotopic (exact) mass is 630 g/mol. The Labute approximate surface area is 274 Å². The van der Waals surface area contributed by atoms with Gasteiger partial charge in [0, 0.05) is 28.8 Å². The number of nitrogens with zero attached hydrogens (tertiary/aromatic N) is 3. The van der Waals surface area contributed by atoms with E-state index >= 15 is 0 Å². The van der Waals surface area contributed by atoms with Gasteiger partial charge in [-0.15, -0.1) is 0 Å². The highest BCUT2D eigenvalue weighted by atomic mass is 16.3. The van der Waals surface area contributed by atoms with Crippen LogP contribution in [0.15, 0.2) is 135 Å². The van der Waals surface area contributed by atoms with Crippen LogP contribution in [0.5, 0.6) is 0 Å². The molecule has 5 heterocycles. The summed E-state index contributed by atoms with van der Waals surface area (Å²) >= 11 is 0. The first kappa shape index (κ1) is 28.8. The van der Waals surface area contributed by atoms with Crippen molar-refractivity contribution in [3.8, 4) is 45.8 Å². The van der Waals surface area contributed by atoms with Gasteiger partial charge in [-0.1, -0.05) is 72.8 Å². The van der Waals surface area contributed by atoms with Crippen LogP contribution in [0.25, 0.3) is 67.9 Å². The van der Waals surface area contributed by atoms with Crippen molar-refractivity contribution in [2.45, 2.75) is 0 Å². The average Bonchev–Trinajstić information content (AvgIpc) is 3.97. The first-order chi connectivity index (χ1) is 23.6. The molecule has 0 fully saturated rings. The van der Waals surface area contributed by atoms with Crippen LogP contribution in [0.1, 0.15) is 11.1 Å². The van der Waals surface area contributed by atoms with E-state index in [9.17, 15) is 0 Å². The lowest BCUT2D eigenvalue weighted by Gasteiger charge is -2.03. The van der Waals surface area contributed by atoms with E-state index in [0.29, 0.717) is 17.1 Å². The van der Waals surface area contributed by atoms with Crippen molar-refractivity contribution in [2.24, 2.45) is 10.7 Å². The number of hydrogen-bond donors (Lipinski definition) is 5. The number of aromatic nitrogens is 4. The zero-order valence-corrected chi connectivity index (χ0v) is 25.7. The van der Waals surface area contributed by atoms with E-state index in [1.165, 1.54) is 0 Å². The predicted molar refractivity (Wildman–Crippen MR) is 189 cm³/mol. The summed E-state index contributed by atoms with van der Waals surface area (Å²) in [6, 6.07) is 39.2. The number of aliphatic imine (C=N–C) groups is 1. The van der Waals surface area contributed by atoms with E-state index in [2.05, 4.69) is 54.5 Å². The van der Waals surface area contributed by atoms with Gasteiger partial charge in [0.05, 0.1) is 28.6 Å². The van der Waals surface area contributed by atoms with Crippen LogP contribution in [0, 0.1) is 5.41 Å². The Morgan fingerprint density at radius 1 is 0.583 bits per heavy atom. The van der Waals surface area contributed by atoms with Gasteiger partial charge in [0.25, 0.3) is 0 Å². The molecule has 6 N–H and O–H groups in total. The normalized spacial score (nSPS) is 12.5. The molecule has 0 unspecified atom stereocenters. The summed E-state index contributed by atoms with van der Waals surface area (Å²) in [6.45, 7) is 1.76. The van der Waals surface area contributed by atoms with Gasteiger partial charge in [0.1, 0.15) is 23.2 Å². The van der Waals surface area contributed by atoms with Gasteiger partial charge in [-0.2, -0.15) is 0 Å². The van der Waals surface area contributed by atoms with E-state index < -0.39 is 0 Å². The molecule has 48 heavy (non-hydrogen) atoms. The number of imidazole rings is 2. The molecule has 0 saturated heterocycles. The Balaban J connectivity index is 0.000000141. The molecular weight excluding hydrogens is 600 g/mol. The number of furan rings is 2. The number of hydrogen-bond acceptors (Lipinski definition) is 7. The molecule has 8 aromatic rings. The third-order valence-electron chi connectivity index (χ3n) is 8.05. The Morgan fingerprint density at radius 2 is 1.06 bits per heavy atom. The first-order valence-corrected chi connectivity index (χ1v) is 15.5. The number of aromatic amines is 2. The van der Waals surface area contributed by atoms with Gasteiger partial charge in [-0.3, -0.25) is 10.4 Å². The number of benzene rings is 4. The summed E-state index contributed by atoms with van der Waals surface area (Å²) < 4.78 is 11.9. The van der Waals surface area contributed by atoms with Crippen molar-refractivity contribution in [1.29, 1.82) is 5.41 Å². The van der Waals surface area contributed by atoms with Crippen molar-refractivity contribution in [1.82, 2.24) is 25.3 Å². The summed E-state index contributed by atoms with van der Waals surface area (Å²) in [5, 5.41) is 10.7. The fourth-order valence-corrected chi connectivity index (χ4v) is 5.58. The van der Waals surface area contributed by atoms with Crippen LogP contribution in [0.2, 0.25) is 0 Å². The van der Waals surface area contributed by atoms with Gasteiger partial charge in [-0.25, -0.2) is 9.97 Å². The molecule has 4 aromatic heterocycles. The van der Waals surface area contributed by atoms with Gasteiger partial charge in [0.15, 0.2) is 23.2 Å². The minimum absolute atomic E-state index is 0.0546. The van der Waals surface area contributed by atoms with Gasteiger partial charge in [-0.05, 0) is 48.5 Å². The smallest absolute Gasteiger partial charge is 0.174 e. The lowest BCUT2D eigenvalue weighted by atomic mass is 10.1. The molecule has 0 atom stereocenters. The largest absolute Gasteiger partial charge is 0.453 e. The van der Waals surface area contributed by atoms with Crippen LogP contribution in [0.4, 0.5) is 0 Å². The van der Waals surface area contributed by atoms with E-state index in [0.717, 1.165) is 80.8 Å². The molecule has 1 aliphatic rings. The first-order valence-electron chi connectivity index (χ1n) is 15.5. The molecule has 0 spiro atoms. The number of nitrogen functional groups attached to an aromatic ring is 1. The number of rotatable bonds is 6. The maximum atomic E-state index is 7.42. The fourth-order valence-electron chi connectivity index (χ4n) is 5.58. The SMILES string of the molecule is N=C(N)c1ccc(-c2ccc(-c3nc4ccccc4[nH]3)o2)cc1.c1ccc2[nH]c(-c3ccc(-c4ccc(C5=NCCN5)cc4)o3)nc2c1. The predicted octanol–water partition coefficient (Wildman–Crippen LogP) is 7.61. The molecule has 234 valence electrons. The lowest BCUT2D eigenvalue weighted by molar-refractivity contribution is 0.593. The zero-order chi connectivity index (χ0) is 32.5. The molecular formula is C38H30N8O2. The number of para-hydroxylation sites is 4. The highest BCUT2D eigenvalue weighted by Crippen LogP contribution is 2.30. The number of H-pyrrole nitrogens is 2. The van der Waals surface area contributed by atoms with Crippen LogP contribution < -0.4 is 11.1 Å². The van der Waals surface area contributed by atoms with Crippen molar-refractivity contribution in [3.05, 3.63) is 132 Å². The Morgan fingerprint density at radius 3 is 1.54 bits per heavy atom. The van der Waals surface area contributed by atoms with E-state index in [1.54, 1.807) is 12.1 Å². The van der Waals surface area contributed by atoms with Gasteiger partial charge < -0.3 is 29.9 Å². The van der Waals surface area contributed by atoms with Crippen LogP contribution in [0.3, 0.4) is 0 Å². The molecule has 0 aliphatic carbocycles. The summed E-state index contributed by atoms with van der Waals surface area (Å²) in [5.41, 5.74) is 13.0. The van der Waals surface area contributed by atoms with Crippen LogP contribution in [-0.2, 0) is 0 Å². The second-order valence-electron chi connectivity index (χ2n) is 11.3. The van der Waals surface area contributed by atoms with Gasteiger partial charge >= 0.3 is 0 Å². The molecule has 10 nitrogen and oxygen atoms in total. The average molecular weight is 631 g/mol. The Kier molecular flexibility index (Phi) is 7.35. The third kappa shape index (κ3) is 5.74. The standard InChI is InChI=1S/C20H16N4O.C18H14N4O/c1-2-4-16-15(3-1)23-20(24-16)18-10-9-17(25-18)13-5-7-14(8-6-13)19-21-11-12-22-19;19-17(20)12-7-5-11(6-8-12)15-9-10-16(23-15)18-21-13-3-1-2-4-14(13)22-18/h1-10H,11-12H2,(H,21,22)(H,23,24);1-10H,(H3,19,20)(H,21,22). The van der Waals surface area contributed by atoms with E-state index in [1.807, 2.05) is 84.9 Å². The zero-order valence-electron chi connectivity index (χ0n) is 25.7. The second kappa shape index (κ2) is 12.3. The van der Waals surface area contributed by atoms with Crippen LogP contribution in [-0.4, -0.2) is 44.7 Å². The topological polar surface area (TPSA) is 158 Å². The number of fused-ring (bicyclic) bond motifs is 2. The number of nitrogens with two attached hydrogens (primary N) is 1. The molecule has 4 aromatic carbocycles. The Hall–Kier alpha value is -6.68. The maximum Gasteiger partial charge on any atom is 0.174 e. The molecule has 10 heteroatoms. The van der Waals surface area contributed by atoms with Gasteiger partial charge in [0.2, 0.25) is 0 Å². The van der Waals surface area contributed by atoms with Crippen molar-refractivity contribution >= 4 is 33.7 Å². The molecule has 0 radical (unpaired) electrons. The quantitative estimate of drug-likeness (QED) is 0.0939. The minimum Gasteiger partial charge on any atom is -0.453 e. The van der Waals surface area contributed by atoms with E-state index in [-0.39, 0.29) is 5.84 Å². The molecule has 0 bridgehead atoms. The highest BCUT2D eigenvalue weighted by molar-refractivity contribution is 6.00. The third-order valence-corrected chi connectivity index (χ3v) is 8.05. The molecule has 9 rings (SSSR count). The van der Waals surface area contributed by atoms with Crippen LogP contribution >= 0.6 is 0 Å². The summed E-state index contributed by atoms with van der Waals surface area (Å²) in [4.78, 5) is 20.1. The fraction of sp³-hybridized carbons (Fsp3) is 0.0526. The van der Waals surface area contributed by atoms with Crippen molar-refractivity contribution < 1.29 is 8.83 Å². The van der Waals surface area contributed by atoms with Crippen molar-refractivity contribution in [2.75, 3.05) is 13.1 Å².